The van der Waals surface area contributed by atoms with E-state index in [-0.39, 0.29) is 18.4 Å². The number of carbonyl (C=O) groups excluding carboxylic acids is 3. The third-order valence-electron chi connectivity index (χ3n) is 6.39. The lowest BCUT2D eigenvalue weighted by molar-refractivity contribution is -0.882. The van der Waals surface area contributed by atoms with E-state index in [0.717, 1.165) is 31.5 Å². The van der Waals surface area contributed by atoms with Crippen LogP contribution < -0.4 is 10.6 Å². The summed E-state index contributed by atoms with van der Waals surface area (Å²) < 4.78 is 13.0. The fraction of sp³-hybridized carbons (Fsp3) is 0.808. The molecular formula is C26H56N4O5Si2+2. The Balaban J connectivity index is 4.27. The van der Waals surface area contributed by atoms with Crippen molar-refractivity contribution < 1.29 is 32.2 Å². The number of amides is 2. The van der Waals surface area contributed by atoms with Crippen LogP contribution in [0.15, 0.2) is 12.2 Å². The highest BCUT2D eigenvalue weighted by molar-refractivity contribution is 6.84. The lowest BCUT2D eigenvalue weighted by atomic mass is 10.3. The normalized spacial score (nSPS) is 12.7. The summed E-state index contributed by atoms with van der Waals surface area (Å²) in [7, 11) is 4.34. The molecule has 0 aromatic carbocycles. The fourth-order valence-electron chi connectivity index (χ4n) is 3.92. The molecule has 9 nitrogen and oxygen atoms in total. The van der Waals surface area contributed by atoms with Crippen LogP contribution in [0.25, 0.3) is 0 Å². The molecule has 216 valence electrons. The number of ether oxygens (including phenoxy) is 1. The average Bonchev–Trinajstić information content (AvgIpc) is 2.72. The van der Waals surface area contributed by atoms with Crippen molar-refractivity contribution in [1.29, 1.82) is 0 Å². The number of rotatable bonds is 19. The highest BCUT2D eigenvalue weighted by atomic mass is 28.4. The molecule has 0 unspecified atom stereocenters. The topological polar surface area (TPSA) is 93.7 Å². The highest BCUT2D eigenvalue weighted by Gasteiger charge is 2.32. The molecule has 0 fully saturated rings. The van der Waals surface area contributed by atoms with Crippen LogP contribution in [0.3, 0.4) is 0 Å². The second-order valence-electron chi connectivity index (χ2n) is 12.7. The molecule has 2 amide bonds. The number of quaternary nitrogens is 2. The number of likely N-dealkylation sites (N-methyl/N-ethyl adjacent to an activating group) is 2. The van der Waals surface area contributed by atoms with Crippen LogP contribution in [-0.2, 0) is 23.2 Å². The Hall–Kier alpha value is -1.54. The Morgan fingerprint density at radius 3 is 1.65 bits per heavy atom. The summed E-state index contributed by atoms with van der Waals surface area (Å²) in [5.74, 6) is -0.297. The Bertz CT molecular complexity index is 770. The van der Waals surface area contributed by atoms with E-state index in [0.29, 0.717) is 47.3 Å². The molecule has 0 aliphatic carbocycles. The molecule has 37 heavy (non-hydrogen) atoms. The van der Waals surface area contributed by atoms with Gasteiger partial charge in [0.25, 0.3) is 11.8 Å². The van der Waals surface area contributed by atoms with Gasteiger partial charge in [-0.25, -0.2) is 4.79 Å². The zero-order chi connectivity index (χ0) is 28.9. The summed E-state index contributed by atoms with van der Waals surface area (Å²) in [6.45, 7) is 20.2. The first kappa shape index (κ1) is 35.5. The molecule has 2 N–H and O–H groups in total. The Labute approximate surface area is 228 Å². The molecule has 11 heteroatoms. The lowest BCUT2D eigenvalue weighted by Gasteiger charge is -2.34. The molecule has 0 aliphatic heterocycles. The standard InChI is InChI=1S/C26H54N4O5Si2/c1-12-29(4,5)21-24(31)27-15-13-19-36(8,9)35-37(10,11)20-14-16-28-25(32)22-30(6,7)17-18-34-26(33)23(2)3/h2,12-22H2,1,3-11H3/p+2. The van der Waals surface area contributed by atoms with Gasteiger partial charge in [0.2, 0.25) is 0 Å². The zero-order valence-corrected chi connectivity index (χ0v) is 27.4. The number of nitrogens with zero attached hydrogens (tertiary/aromatic N) is 2. The Morgan fingerprint density at radius 2 is 1.24 bits per heavy atom. The minimum atomic E-state index is -1.85. The Morgan fingerprint density at radius 1 is 0.811 bits per heavy atom. The van der Waals surface area contributed by atoms with E-state index in [1.54, 1.807) is 6.92 Å². The van der Waals surface area contributed by atoms with Gasteiger partial charge in [-0.2, -0.15) is 0 Å². The van der Waals surface area contributed by atoms with Crippen LogP contribution >= 0.6 is 0 Å². The monoisotopic (exact) mass is 560 g/mol. The van der Waals surface area contributed by atoms with Gasteiger partial charge in [-0.3, -0.25) is 9.59 Å². The molecule has 0 radical (unpaired) electrons. The summed E-state index contributed by atoms with van der Waals surface area (Å²) in [5.41, 5.74) is 0.375. The number of hydrogen-bond acceptors (Lipinski definition) is 5. The van der Waals surface area contributed by atoms with Gasteiger partial charge in [-0.1, -0.05) is 6.58 Å². The molecule has 0 aromatic heterocycles. The molecule has 0 aromatic rings. The molecule has 0 rings (SSSR count). The zero-order valence-electron chi connectivity index (χ0n) is 25.4. The van der Waals surface area contributed by atoms with E-state index >= 15 is 0 Å². The number of hydrogen-bond donors (Lipinski definition) is 2. The minimum absolute atomic E-state index is 0.00510. The molecule has 0 spiro atoms. The van der Waals surface area contributed by atoms with Gasteiger partial charge in [0, 0.05) is 18.7 Å². The number of carbonyl (C=O) groups is 3. The van der Waals surface area contributed by atoms with Crippen LogP contribution in [0.4, 0.5) is 0 Å². The third kappa shape index (κ3) is 18.4. The molecule has 0 aliphatic rings. The van der Waals surface area contributed by atoms with Gasteiger partial charge in [0.15, 0.2) is 29.7 Å². The number of nitrogens with one attached hydrogen (secondary N) is 2. The smallest absolute Gasteiger partial charge is 0.333 e. The van der Waals surface area contributed by atoms with Gasteiger partial charge in [0.05, 0.1) is 34.7 Å². The third-order valence-corrected chi connectivity index (χ3v) is 13.9. The maximum Gasteiger partial charge on any atom is 0.333 e. The second-order valence-corrected chi connectivity index (χ2v) is 21.5. The summed E-state index contributed by atoms with van der Waals surface area (Å²) in [5, 5.41) is 6.08. The van der Waals surface area contributed by atoms with Crippen LogP contribution in [0.5, 0.6) is 0 Å². The predicted octanol–water partition coefficient (Wildman–Crippen LogP) is 2.72. The van der Waals surface area contributed by atoms with Crippen molar-refractivity contribution >= 4 is 34.4 Å². The maximum atomic E-state index is 12.4. The highest BCUT2D eigenvalue weighted by Crippen LogP contribution is 2.23. The molecular weight excluding hydrogens is 504 g/mol. The molecule has 0 bridgehead atoms. The van der Waals surface area contributed by atoms with E-state index in [9.17, 15) is 14.4 Å². The van der Waals surface area contributed by atoms with Crippen LogP contribution in [-0.4, -0.2) is 117 Å². The van der Waals surface area contributed by atoms with Crippen molar-refractivity contribution in [2.75, 3.05) is 74.1 Å². The van der Waals surface area contributed by atoms with E-state index in [1.807, 2.05) is 14.1 Å². The van der Waals surface area contributed by atoms with Crippen LogP contribution in [0, 0.1) is 0 Å². The quantitative estimate of drug-likeness (QED) is 0.0833. The lowest BCUT2D eigenvalue weighted by Crippen LogP contribution is -2.49. The first-order chi connectivity index (χ1) is 16.8. The van der Waals surface area contributed by atoms with Gasteiger partial charge in [-0.05, 0) is 65.0 Å². The molecule has 0 saturated carbocycles. The predicted molar refractivity (Wildman–Crippen MR) is 156 cm³/mol. The van der Waals surface area contributed by atoms with Gasteiger partial charge in [0.1, 0.15) is 13.2 Å². The molecule has 0 atom stereocenters. The maximum absolute atomic E-state index is 12.4. The van der Waals surface area contributed by atoms with Crippen LogP contribution in [0.1, 0.15) is 26.7 Å². The second kappa shape index (κ2) is 15.8. The number of esters is 1. The summed E-state index contributed by atoms with van der Waals surface area (Å²) in [6, 6.07) is 2.00. The first-order valence-corrected chi connectivity index (χ1v) is 19.7. The first-order valence-electron chi connectivity index (χ1n) is 13.5. The molecule has 0 heterocycles. The molecule has 0 saturated heterocycles. The van der Waals surface area contributed by atoms with Gasteiger partial charge >= 0.3 is 5.97 Å². The van der Waals surface area contributed by atoms with Crippen molar-refractivity contribution in [2.24, 2.45) is 0 Å². The van der Waals surface area contributed by atoms with E-state index in [4.69, 9.17) is 8.85 Å². The largest absolute Gasteiger partial charge is 0.456 e. The summed E-state index contributed by atoms with van der Waals surface area (Å²) in [6.07, 6.45) is 1.83. The van der Waals surface area contributed by atoms with E-state index < -0.39 is 22.6 Å². The van der Waals surface area contributed by atoms with Crippen molar-refractivity contribution in [1.82, 2.24) is 10.6 Å². The fourth-order valence-corrected chi connectivity index (χ4v) is 12.8. The van der Waals surface area contributed by atoms with Crippen molar-refractivity contribution in [2.45, 2.75) is 65.0 Å². The Kier molecular flexibility index (Phi) is 15.1. The van der Waals surface area contributed by atoms with Crippen molar-refractivity contribution in [3.05, 3.63) is 12.2 Å². The summed E-state index contributed by atoms with van der Waals surface area (Å²) in [4.78, 5) is 36.1. The SMILES string of the molecule is C=C(C)C(=O)OCC[N+](C)(C)CC(=O)NCCC[Si](C)(C)O[Si](C)(C)CCCNC(=O)C[N+](C)(C)CC. The average molecular weight is 561 g/mol. The van der Waals surface area contributed by atoms with Gasteiger partial charge in [-0.15, -0.1) is 0 Å². The van der Waals surface area contributed by atoms with Crippen LogP contribution in [0.2, 0.25) is 38.3 Å². The summed E-state index contributed by atoms with van der Waals surface area (Å²) >= 11 is 0. The van der Waals surface area contributed by atoms with Crippen molar-refractivity contribution in [3.8, 4) is 0 Å². The van der Waals surface area contributed by atoms with Crippen molar-refractivity contribution in [3.63, 3.8) is 0 Å². The van der Waals surface area contributed by atoms with E-state index in [1.165, 1.54) is 0 Å². The minimum Gasteiger partial charge on any atom is -0.456 e. The van der Waals surface area contributed by atoms with Gasteiger partial charge < -0.3 is 28.5 Å². The van der Waals surface area contributed by atoms with E-state index in [2.05, 4.69) is 64.4 Å².